The third-order valence-electron chi connectivity index (χ3n) is 2.98. The Hall–Kier alpha value is -1.26. The maximum absolute atomic E-state index is 11.5. The summed E-state index contributed by atoms with van der Waals surface area (Å²) in [6.45, 7) is 4.73. The Morgan fingerprint density at radius 3 is 2.38 bits per heavy atom. The highest BCUT2D eigenvalue weighted by molar-refractivity contribution is 5.87. The lowest BCUT2D eigenvalue weighted by Crippen LogP contribution is -2.61. The molecule has 0 unspecified atom stereocenters. The number of urea groups is 1. The highest BCUT2D eigenvalue weighted by Gasteiger charge is 2.45. The fourth-order valence-electron chi connectivity index (χ4n) is 1.66. The lowest BCUT2D eigenvalue weighted by molar-refractivity contribution is -0.148. The highest BCUT2D eigenvalue weighted by Crippen LogP contribution is 2.31. The Balaban J connectivity index is 2.30. The third-order valence-corrected chi connectivity index (χ3v) is 2.98. The summed E-state index contributed by atoms with van der Waals surface area (Å²) < 4.78 is 0. The van der Waals surface area contributed by atoms with Crippen molar-refractivity contribution < 1.29 is 14.7 Å². The van der Waals surface area contributed by atoms with Gasteiger partial charge in [0, 0.05) is 6.54 Å². The van der Waals surface area contributed by atoms with E-state index >= 15 is 0 Å². The summed E-state index contributed by atoms with van der Waals surface area (Å²) in [6.07, 6.45) is 2.81. The number of hydrogen-bond donors (Lipinski definition) is 3. The molecule has 16 heavy (non-hydrogen) atoms. The van der Waals surface area contributed by atoms with Gasteiger partial charge in [0.1, 0.15) is 5.54 Å². The number of aliphatic carboxylic acids is 1. The molecular weight excluding hydrogens is 208 g/mol. The van der Waals surface area contributed by atoms with Crippen LogP contribution in [0.4, 0.5) is 4.79 Å². The van der Waals surface area contributed by atoms with Crippen LogP contribution in [0.2, 0.25) is 0 Å². The second kappa shape index (κ2) is 5.18. The Kier molecular flexibility index (Phi) is 4.15. The Bertz CT molecular complexity index is 272. The van der Waals surface area contributed by atoms with Crippen LogP contribution in [0.5, 0.6) is 0 Å². The number of nitrogens with one attached hydrogen (secondary N) is 2. The van der Waals surface area contributed by atoms with Crippen molar-refractivity contribution in [1.29, 1.82) is 0 Å². The molecule has 1 rings (SSSR count). The number of carbonyl (C=O) groups is 2. The Morgan fingerprint density at radius 1 is 1.38 bits per heavy atom. The van der Waals surface area contributed by atoms with Crippen LogP contribution in [0, 0.1) is 5.92 Å². The molecule has 1 fully saturated rings. The van der Waals surface area contributed by atoms with Crippen molar-refractivity contribution in [3.8, 4) is 0 Å². The molecule has 0 aliphatic heterocycles. The molecule has 5 nitrogen and oxygen atoms in total. The normalized spacial score (nSPS) is 17.7. The standard InChI is InChI=1S/C11H20N2O3/c1-8(2)4-7-12-10(16)13-11(9(14)15)5-3-6-11/h8H,3-7H2,1-2H3,(H,14,15)(H2,12,13,16). The van der Waals surface area contributed by atoms with Crippen LogP contribution in [-0.2, 0) is 4.79 Å². The number of carboxylic acids is 1. The molecule has 0 aromatic rings. The highest BCUT2D eigenvalue weighted by atomic mass is 16.4. The van der Waals surface area contributed by atoms with Crippen LogP contribution in [0.3, 0.4) is 0 Å². The SMILES string of the molecule is CC(C)CCNC(=O)NC1(C(=O)O)CCC1. The van der Waals surface area contributed by atoms with Gasteiger partial charge in [-0.15, -0.1) is 0 Å². The van der Waals surface area contributed by atoms with E-state index in [4.69, 9.17) is 5.11 Å². The van der Waals surface area contributed by atoms with Gasteiger partial charge in [0.05, 0.1) is 0 Å². The van der Waals surface area contributed by atoms with E-state index in [1.54, 1.807) is 0 Å². The average Bonchev–Trinajstić information content (AvgIpc) is 2.10. The summed E-state index contributed by atoms with van der Waals surface area (Å²) in [5.41, 5.74) is -1.01. The fraction of sp³-hybridized carbons (Fsp3) is 0.818. The van der Waals surface area contributed by atoms with Crippen LogP contribution < -0.4 is 10.6 Å². The van der Waals surface area contributed by atoms with Crippen LogP contribution in [0.25, 0.3) is 0 Å². The summed E-state index contributed by atoms with van der Waals surface area (Å²) >= 11 is 0. The smallest absolute Gasteiger partial charge is 0.329 e. The van der Waals surface area contributed by atoms with E-state index in [0.29, 0.717) is 25.3 Å². The first kappa shape index (κ1) is 12.8. The third kappa shape index (κ3) is 3.12. The van der Waals surface area contributed by atoms with Crippen molar-refractivity contribution in [2.45, 2.75) is 45.1 Å². The minimum atomic E-state index is -1.01. The molecule has 0 saturated heterocycles. The summed E-state index contributed by atoms with van der Waals surface area (Å²) in [7, 11) is 0. The summed E-state index contributed by atoms with van der Waals surface area (Å²) in [6, 6.07) is -0.372. The summed E-state index contributed by atoms with van der Waals surface area (Å²) in [5, 5.41) is 14.2. The van der Waals surface area contributed by atoms with E-state index in [1.807, 2.05) is 0 Å². The second-order valence-electron chi connectivity index (χ2n) is 4.80. The van der Waals surface area contributed by atoms with Crippen LogP contribution in [0.1, 0.15) is 39.5 Å². The van der Waals surface area contributed by atoms with Gasteiger partial charge in [-0.05, 0) is 31.6 Å². The molecule has 0 aromatic heterocycles. The van der Waals surface area contributed by atoms with Gasteiger partial charge in [0.15, 0.2) is 0 Å². The molecule has 0 atom stereocenters. The van der Waals surface area contributed by atoms with E-state index in [9.17, 15) is 9.59 Å². The largest absolute Gasteiger partial charge is 0.480 e. The number of amides is 2. The van der Waals surface area contributed by atoms with Crippen molar-refractivity contribution in [2.75, 3.05) is 6.54 Å². The Morgan fingerprint density at radius 2 is 2.00 bits per heavy atom. The zero-order valence-electron chi connectivity index (χ0n) is 9.88. The first-order valence-electron chi connectivity index (χ1n) is 5.76. The first-order valence-corrected chi connectivity index (χ1v) is 5.76. The molecular formula is C11H20N2O3. The molecule has 0 radical (unpaired) electrons. The molecule has 0 bridgehead atoms. The monoisotopic (exact) mass is 228 g/mol. The van der Waals surface area contributed by atoms with Crippen LogP contribution >= 0.6 is 0 Å². The molecule has 1 aliphatic rings. The van der Waals surface area contributed by atoms with Gasteiger partial charge in [-0.1, -0.05) is 13.8 Å². The minimum absolute atomic E-state index is 0.372. The van der Waals surface area contributed by atoms with E-state index in [2.05, 4.69) is 24.5 Å². The van der Waals surface area contributed by atoms with Gasteiger partial charge in [0.2, 0.25) is 0 Å². The molecule has 1 saturated carbocycles. The fourth-order valence-corrected chi connectivity index (χ4v) is 1.66. The van der Waals surface area contributed by atoms with Crippen molar-refractivity contribution in [3.05, 3.63) is 0 Å². The summed E-state index contributed by atoms with van der Waals surface area (Å²) in [4.78, 5) is 22.4. The second-order valence-corrected chi connectivity index (χ2v) is 4.80. The van der Waals surface area contributed by atoms with E-state index in [1.165, 1.54) is 0 Å². The van der Waals surface area contributed by atoms with E-state index in [-0.39, 0.29) is 6.03 Å². The van der Waals surface area contributed by atoms with Gasteiger partial charge in [-0.25, -0.2) is 9.59 Å². The lowest BCUT2D eigenvalue weighted by Gasteiger charge is -2.38. The minimum Gasteiger partial charge on any atom is -0.480 e. The maximum atomic E-state index is 11.5. The molecule has 0 aromatic carbocycles. The average molecular weight is 228 g/mol. The van der Waals surface area contributed by atoms with Crippen molar-refractivity contribution >= 4 is 12.0 Å². The first-order chi connectivity index (χ1) is 7.46. The predicted molar refractivity (Wildman–Crippen MR) is 60.2 cm³/mol. The zero-order chi connectivity index (χ0) is 12.2. The molecule has 92 valence electrons. The van der Waals surface area contributed by atoms with E-state index < -0.39 is 11.5 Å². The van der Waals surface area contributed by atoms with Crippen molar-refractivity contribution in [3.63, 3.8) is 0 Å². The molecule has 5 heteroatoms. The van der Waals surface area contributed by atoms with E-state index in [0.717, 1.165) is 12.8 Å². The number of carboxylic acid groups (broad SMARTS) is 1. The quantitative estimate of drug-likeness (QED) is 0.664. The molecule has 0 heterocycles. The molecule has 0 spiro atoms. The maximum Gasteiger partial charge on any atom is 0.329 e. The number of carbonyl (C=O) groups excluding carboxylic acids is 1. The number of rotatable bonds is 5. The molecule has 3 N–H and O–H groups in total. The topological polar surface area (TPSA) is 78.4 Å². The molecule has 1 aliphatic carbocycles. The van der Waals surface area contributed by atoms with Gasteiger partial charge in [-0.3, -0.25) is 0 Å². The van der Waals surface area contributed by atoms with Crippen LogP contribution in [-0.4, -0.2) is 29.2 Å². The van der Waals surface area contributed by atoms with Crippen molar-refractivity contribution in [1.82, 2.24) is 10.6 Å². The van der Waals surface area contributed by atoms with Gasteiger partial charge in [0.25, 0.3) is 0 Å². The van der Waals surface area contributed by atoms with Crippen molar-refractivity contribution in [2.24, 2.45) is 5.92 Å². The predicted octanol–water partition coefficient (Wildman–Crippen LogP) is 1.34. The molecule has 2 amide bonds. The lowest BCUT2D eigenvalue weighted by atomic mass is 9.77. The van der Waals surface area contributed by atoms with Gasteiger partial charge in [-0.2, -0.15) is 0 Å². The van der Waals surface area contributed by atoms with Gasteiger partial charge < -0.3 is 15.7 Å². The van der Waals surface area contributed by atoms with Crippen LogP contribution in [0.15, 0.2) is 0 Å². The Labute approximate surface area is 95.6 Å². The zero-order valence-corrected chi connectivity index (χ0v) is 9.88. The number of hydrogen-bond acceptors (Lipinski definition) is 2. The summed E-state index contributed by atoms with van der Waals surface area (Å²) in [5.74, 6) is -0.407. The van der Waals surface area contributed by atoms with Gasteiger partial charge >= 0.3 is 12.0 Å².